The number of rotatable bonds is 5. The van der Waals surface area contributed by atoms with Gasteiger partial charge in [-0.1, -0.05) is 12.1 Å². The molecule has 0 saturated carbocycles. The summed E-state index contributed by atoms with van der Waals surface area (Å²) in [6.07, 6.45) is -3.53. The maximum Gasteiger partial charge on any atom is 0.405 e. The molecule has 1 aromatic carbocycles. The standard InChI is InChI=1S/C17H21F3N4O/c18-17(19,20)13-22-16(25)12-24-7-1-6-23(8-9-24)11-15-4-2-14(10-21)3-5-15/h2-5H,1,6-9,11-13H2,(H,22,25). The molecule has 0 aromatic heterocycles. The Morgan fingerprint density at radius 3 is 2.40 bits per heavy atom. The number of alkyl halides is 3. The molecular weight excluding hydrogens is 333 g/mol. The number of benzene rings is 1. The van der Waals surface area contributed by atoms with Gasteiger partial charge < -0.3 is 5.32 Å². The summed E-state index contributed by atoms with van der Waals surface area (Å²) in [7, 11) is 0. The lowest BCUT2D eigenvalue weighted by Gasteiger charge is -2.21. The summed E-state index contributed by atoms with van der Waals surface area (Å²) in [4.78, 5) is 15.7. The van der Waals surface area contributed by atoms with Crippen LogP contribution in [0.25, 0.3) is 0 Å². The molecule has 136 valence electrons. The average molecular weight is 354 g/mol. The Balaban J connectivity index is 1.77. The van der Waals surface area contributed by atoms with Crippen LogP contribution in [0.1, 0.15) is 17.5 Å². The molecular formula is C17H21F3N4O. The molecule has 5 nitrogen and oxygen atoms in total. The van der Waals surface area contributed by atoms with Crippen molar-refractivity contribution in [2.24, 2.45) is 0 Å². The van der Waals surface area contributed by atoms with Crippen molar-refractivity contribution >= 4 is 5.91 Å². The second kappa shape index (κ2) is 8.83. The average Bonchev–Trinajstić information content (AvgIpc) is 2.78. The first-order valence-corrected chi connectivity index (χ1v) is 8.13. The molecule has 0 aliphatic carbocycles. The summed E-state index contributed by atoms with van der Waals surface area (Å²) < 4.78 is 36.3. The van der Waals surface area contributed by atoms with E-state index in [1.54, 1.807) is 12.1 Å². The third kappa shape index (κ3) is 7.11. The van der Waals surface area contributed by atoms with Crippen molar-refractivity contribution in [1.82, 2.24) is 15.1 Å². The van der Waals surface area contributed by atoms with Crippen molar-refractivity contribution in [3.63, 3.8) is 0 Å². The van der Waals surface area contributed by atoms with E-state index in [0.717, 1.165) is 31.6 Å². The van der Waals surface area contributed by atoms with Crippen LogP contribution >= 0.6 is 0 Å². The molecule has 1 fully saturated rings. The quantitative estimate of drug-likeness (QED) is 0.875. The van der Waals surface area contributed by atoms with Gasteiger partial charge in [0.05, 0.1) is 18.2 Å². The number of hydrogen-bond acceptors (Lipinski definition) is 4. The predicted octanol–water partition coefficient (Wildman–Crippen LogP) is 1.74. The van der Waals surface area contributed by atoms with Crippen LogP contribution in [0.3, 0.4) is 0 Å². The predicted molar refractivity (Wildman–Crippen MR) is 86.6 cm³/mol. The van der Waals surface area contributed by atoms with Crippen molar-refractivity contribution in [1.29, 1.82) is 5.26 Å². The topological polar surface area (TPSA) is 59.4 Å². The number of halogens is 3. The fourth-order valence-electron chi connectivity index (χ4n) is 2.74. The van der Waals surface area contributed by atoms with Crippen LogP contribution in [0.2, 0.25) is 0 Å². The zero-order chi connectivity index (χ0) is 18.3. The highest BCUT2D eigenvalue weighted by Crippen LogP contribution is 2.12. The van der Waals surface area contributed by atoms with Crippen molar-refractivity contribution in [3.05, 3.63) is 35.4 Å². The second-order valence-corrected chi connectivity index (χ2v) is 6.11. The third-order valence-electron chi connectivity index (χ3n) is 4.02. The number of hydrogen-bond donors (Lipinski definition) is 1. The van der Waals surface area contributed by atoms with Gasteiger partial charge in [0.25, 0.3) is 0 Å². The van der Waals surface area contributed by atoms with Gasteiger partial charge in [-0.2, -0.15) is 18.4 Å². The van der Waals surface area contributed by atoms with Crippen molar-refractivity contribution in [2.75, 3.05) is 39.3 Å². The first-order valence-electron chi connectivity index (χ1n) is 8.13. The first kappa shape index (κ1) is 19.2. The number of nitriles is 1. The molecule has 0 bridgehead atoms. The molecule has 1 heterocycles. The van der Waals surface area contributed by atoms with Crippen LogP contribution in [0.5, 0.6) is 0 Å². The number of carbonyl (C=O) groups is 1. The van der Waals surface area contributed by atoms with Gasteiger partial charge >= 0.3 is 6.18 Å². The van der Waals surface area contributed by atoms with E-state index >= 15 is 0 Å². The molecule has 0 unspecified atom stereocenters. The molecule has 8 heteroatoms. The van der Waals surface area contributed by atoms with Gasteiger partial charge in [0, 0.05) is 19.6 Å². The number of nitrogens with zero attached hydrogens (tertiary/aromatic N) is 3. The molecule has 0 atom stereocenters. The van der Waals surface area contributed by atoms with E-state index in [1.165, 1.54) is 0 Å². The monoisotopic (exact) mass is 354 g/mol. The van der Waals surface area contributed by atoms with Gasteiger partial charge in [0.1, 0.15) is 6.54 Å². The van der Waals surface area contributed by atoms with E-state index in [1.807, 2.05) is 22.3 Å². The lowest BCUT2D eigenvalue weighted by Crippen LogP contribution is -2.42. The van der Waals surface area contributed by atoms with Gasteiger partial charge in [0.15, 0.2) is 0 Å². The molecule has 0 radical (unpaired) electrons. The van der Waals surface area contributed by atoms with Gasteiger partial charge in [-0.25, -0.2) is 0 Å². The molecule has 1 aliphatic heterocycles. The van der Waals surface area contributed by atoms with Crippen LogP contribution in [0, 0.1) is 11.3 Å². The van der Waals surface area contributed by atoms with Gasteiger partial charge in [0.2, 0.25) is 5.91 Å². The Bertz CT molecular complexity index is 610. The van der Waals surface area contributed by atoms with E-state index < -0.39 is 18.6 Å². The van der Waals surface area contributed by atoms with Gasteiger partial charge in [-0.15, -0.1) is 0 Å². The van der Waals surface area contributed by atoms with Crippen LogP contribution in [-0.2, 0) is 11.3 Å². The SMILES string of the molecule is N#Cc1ccc(CN2CCCN(CC(=O)NCC(F)(F)F)CC2)cc1. The summed E-state index contributed by atoms with van der Waals surface area (Å²) in [5.41, 5.74) is 1.73. The first-order chi connectivity index (χ1) is 11.9. The van der Waals surface area contributed by atoms with E-state index in [0.29, 0.717) is 18.7 Å². The molecule has 0 spiro atoms. The molecule has 1 N–H and O–H groups in total. The highest BCUT2D eigenvalue weighted by atomic mass is 19.4. The molecule has 1 aromatic rings. The minimum Gasteiger partial charge on any atom is -0.346 e. The Hall–Kier alpha value is -2.11. The van der Waals surface area contributed by atoms with Crippen molar-refractivity contribution < 1.29 is 18.0 Å². The van der Waals surface area contributed by atoms with E-state index in [2.05, 4.69) is 11.0 Å². The summed E-state index contributed by atoms with van der Waals surface area (Å²) in [6.45, 7) is 2.37. The van der Waals surface area contributed by atoms with Crippen molar-refractivity contribution in [2.45, 2.75) is 19.1 Å². The largest absolute Gasteiger partial charge is 0.405 e. The van der Waals surface area contributed by atoms with Crippen LogP contribution < -0.4 is 5.32 Å². The zero-order valence-electron chi connectivity index (χ0n) is 13.9. The van der Waals surface area contributed by atoms with Crippen LogP contribution in [-0.4, -0.2) is 61.2 Å². The highest BCUT2D eigenvalue weighted by Gasteiger charge is 2.28. The molecule has 2 rings (SSSR count). The normalized spacial score (nSPS) is 16.9. The Kier molecular flexibility index (Phi) is 6.79. The molecule has 1 saturated heterocycles. The summed E-state index contributed by atoms with van der Waals surface area (Å²) >= 11 is 0. The smallest absolute Gasteiger partial charge is 0.346 e. The second-order valence-electron chi connectivity index (χ2n) is 6.11. The minimum atomic E-state index is -4.38. The van der Waals surface area contributed by atoms with E-state index in [-0.39, 0.29) is 6.54 Å². The number of nitrogens with one attached hydrogen (secondary N) is 1. The Morgan fingerprint density at radius 2 is 1.76 bits per heavy atom. The fraction of sp³-hybridized carbons (Fsp3) is 0.529. The zero-order valence-corrected chi connectivity index (χ0v) is 13.9. The van der Waals surface area contributed by atoms with Crippen molar-refractivity contribution in [3.8, 4) is 6.07 Å². The summed E-state index contributed by atoms with van der Waals surface area (Å²) in [5, 5.41) is 10.7. The molecule has 1 amide bonds. The summed E-state index contributed by atoms with van der Waals surface area (Å²) in [6, 6.07) is 9.49. The number of amides is 1. The molecule has 1 aliphatic rings. The molecule has 25 heavy (non-hydrogen) atoms. The van der Waals surface area contributed by atoms with Crippen LogP contribution in [0.4, 0.5) is 13.2 Å². The lowest BCUT2D eigenvalue weighted by atomic mass is 10.1. The van der Waals surface area contributed by atoms with E-state index in [4.69, 9.17) is 5.26 Å². The van der Waals surface area contributed by atoms with Gasteiger partial charge in [-0.3, -0.25) is 14.6 Å². The van der Waals surface area contributed by atoms with Gasteiger partial charge in [-0.05, 0) is 37.2 Å². The lowest BCUT2D eigenvalue weighted by molar-refractivity contribution is -0.139. The number of carbonyl (C=O) groups excluding carboxylic acids is 1. The minimum absolute atomic E-state index is 0.0131. The Labute approximate surface area is 145 Å². The van der Waals surface area contributed by atoms with E-state index in [9.17, 15) is 18.0 Å². The Morgan fingerprint density at radius 1 is 1.12 bits per heavy atom. The maximum atomic E-state index is 12.1. The fourth-order valence-corrected chi connectivity index (χ4v) is 2.74. The third-order valence-corrected chi connectivity index (χ3v) is 4.02. The highest BCUT2D eigenvalue weighted by molar-refractivity contribution is 5.78. The summed E-state index contributed by atoms with van der Waals surface area (Å²) in [5.74, 6) is -0.599. The maximum absolute atomic E-state index is 12.1. The van der Waals surface area contributed by atoms with Crippen LogP contribution in [0.15, 0.2) is 24.3 Å².